The Bertz CT molecular complexity index is 331. The van der Waals surface area contributed by atoms with Crippen molar-refractivity contribution in [3.63, 3.8) is 0 Å². The van der Waals surface area contributed by atoms with E-state index in [2.05, 4.69) is 4.90 Å². The van der Waals surface area contributed by atoms with Gasteiger partial charge in [-0.1, -0.05) is 18.2 Å². The van der Waals surface area contributed by atoms with Crippen LogP contribution >= 0.6 is 0 Å². The van der Waals surface area contributed by atoms with E-state index >= 15 is 0 Å². The third-order valence-electron chi connectivity index (χ3n) is 2.81. The fourth-order valence-corrected chi connectivity index (χ4v) is 1.93. The second kappa shape index (κ2) is 5.66. The van der Waals surface area contributed by atoms with Crippen molar-refractivity contribution in [2.45, 2.75) is 19.3 Å². The molecule has 0 amide bonds. The molecule has 2 rings (SSSR count). The molecule has 1 aliphatic heterocycles. The summed E-state index contributed by atoms with van der Waals surface area (Å²) >= 11 is 0. The second-order valence-electron chi connectivity index (χ2n) is 4.09. The lowest BCUT2D eigenvalue weighted by molar-refractivity contribution is -0.134. The Morgan fingerprint density at radius 3 is 2.56 bits per heavy atom. The maximum absolute atomic E-state index is 11.5. The van der Waals surface area contributed by atoms with Gasteiger partial charge in [-0.05, 0) is 38.1 Å². The van der Waals surface area contributed by atoms with Crippen molar-refractivity contribution >= 4 is 5.97 Å². The van der Waals surface area contributed by atoms with Gasteiger partial charge in [-0.3, -0.25) is 4.79 Å². The molecule has 1 aromatic carbocycles. The summed E-state index contributed by atoms with van der Waals surface area (Å²) in [4.78, 5) is 13.8. The molecule has 0 radical (unpaired) electrons. The topological polar surface area (TPSA) is 29.5 Å². The minimum atomic E-state index is -0.141. The summed E-state index contributed by atoms with van der Waals surface area (Å²) in [6, 6.07) is 9.23. The minimum Gasteiger partial charge on any atom is -0.426 e. The SMILES string of the molecule is O=C(CCN1CCCC1)Oc1ccccc1. The molecule has 0 bridgehead atoms. The molecule has 0 N–H and O–H groups in total. The zero-order chi connectivity index (χ0) is 11.2. The van der Waals surface area contributed by atoms with Gasteiger partial charge in [0, 0.05) is 6.54 Å². The van der Waals surface area contributed by atoms with Crippen LogP contribution in [0.25, 0.3) is 0 Å². The van der Waals surface area contributed by atoms with Crippen molar-refractivity contribution in [3.05, 3.63) is 30.3 Å². The van der Waals surface area contributed by atoms with E-state index in [0.717, 1.165) is 19.6 Å². The molecule has 1 heterocycles. The summed E-state index contributed by atoms with van der Waals surface area (Å²) in [7, 11) is 0. The molecule has 3 nitrogen and oxygen atoms in total. The van der Waals surface area contributed by atoms with Gasteiger partial charge < -0.3 is 9.64 Å². The van der Waals surface area contributed by atoms with Gasteiger partial charge >= 0.3 is 5.97 Å². The van der Waals surface area contributed by atoms with Gasteiger partial charge in [0.15, 0.2) is 0 Å². The van der Waals surface area contributed by atoms with E-state index in [-0.39, 0.29) is 5.97 Å². The van der Waals surface area contributed by atoms with Crippen molar-refractivity contribution in [1.29, 1.82) is 0 Å². The largest absolute Gasteiger partial charge is 0.426 e. The smallest absolute Gasteiger partial charge is 0.312 e. The molecule has 0 spiro atoms. The van der Waals surface area contributed by atoms with E-state index in [0.29, 0.717) is 12.2 Å². The van der Waals surface area contributed by atoms with E-state index < -0.39 is 0 Å². The molecule has 0 atom stereocenters. The third-order valence-corrected chi connectivity index (χ3v) is 2.81. The number of hydrogen-bond acceptors (Lipinski definition) is 3. The molecule has 1 aromatic rings. The summed E-state index contributed by atoms with van der Waals surface area (Å²) in [5, 5.41) is 0. The molecule has 1 aliphatic rings. The zero-order valence-electron chi connectivity index (χ0n) is 9.39. The molecular weight excluding hydrogens is 202 g/mol. The standard InChI is InChI=1S/C13H17NO2/c15-13(8-11-14-9-4-5-10-14)16-12-6-2-1-3-7-12/h1-3,6-7H,4-5,8-11H2. The summed E-state index contributed by atoms with van der Waals surface area (Å²) in [6.07, 6.45) is 3.00. The van der Waals surface area contributed by atoms with Gasteiger partial charge in [0.1, 0.15) is 5.75 Å². The van der Waals surface area contributed by atoms with Gasteiger partial charge in [0.25, 0.3) is 0 Å². The predicted molar refractivity (Wildman–Crippen MR) is 62.4 cm³/mol. The van der Waals surface area contributed by atoms with Crippen molar-refractivity contribution in [3.8, 4) is 5.75 Å². The fraction of sp³-hybridized carbons (Fsp3) is 0.462. The van der Waals surface area contributed by atoms with Crippen molar-refractivity contribution < 1.29 is 9.53 Å². The molecule has 16 heavy (non-hydrogen) atoms. The van der Waals surface area contributed by atoms with Gasteiger partial charge in [-0.15, -0.1) is 0 Å². The first-order valence-electron chi connectivity index (χ1n) is 5.83. The molecule has 3 heteroatoms. The van der Waals surface area contributed by atoms with Crippen LogP contribution < -0.4 is 4.74 Å². The first-order valence-corrected chi connectivity index (χ1v) is 5.83. The minimum absolute atomic E-state index is 0.141. The number of para-hydroxylation sites is 1. The van der Waals surface area contributed by atoms with E-state index in [9.17, 15) is 4.79 Å². The van der Waals surface area contributed by atoms with E-state index in [4.69, 9.17) is 4.74 Å². The lowest BCUT2D eigenvalue weighted by Crippen LogP contribution is -2.24. The van der Waals surface area contributed by atoms with Gasteiger partial charge in [-0.2, -0.15) is 0 Å². The van der Waals surface area contributed by atoms with Crippen molar-refractivity contribution in [2.75, 3.05) is 19.6 Å². The maximum Gasteiger partial charge on any atom is 0.312 e. The molecule has 1 fully saturated rings. The highest BCUT2D eigenvalue weighted by atomic mass is 16.5. The normalized spacial score (nSPS) is 16.2. The van der Waals surface area contributed by atoms with Gasteiger partial charge in [0.05, 0.1) is 6.42 Å². The van der Waals surface area contributed by atoms with Crippen LogP contribution in [-0.4, -0.2) is 30.5 Å². The average molecular weight is 219 g/mol. The number of hydrogen-bond donors (Lipinski definition) is 0. The predicted octanol–water partition coefficient (Wildman–Crippen LogP) is 2.08. The Morgan fingerprint density at radius 2 is 1.88 bits per heavy atom. The lowest BCUT2D eigenvalue weighted by atomic mass is 10.3. The number of esters is 1. The highest BCUT2D eigenvalue weighted by Crippen LogP contribution is 2.11. The van der Waals surface area contributed by atoms with Gasteiger partial charge in [0.2, 0.25) is 0 Å². The molecular formula is C13H17NO2. The zero-order valence-corrected chi connectivity index (χ0v) is 9.39. The first kappa shape index (κ1) is 11.1. The van der Waals surface area contributed by atoms with Gasteiger partial charge in [-0.25, -0.2) is 0 Å². The molecule has 0 saturated carbocycles. The van der Waals surface area contributed by atoms with E-state index in [1.165, 1.54) is 12.8 Å². The van der Waals surface area contributed by atoms with Crippen LogP contribution in [0.1, 0.15) is 19.3 Å². The van der Waals surface area contributed by atoms with Crippen LogP contribution in [0.4, 0.5) is 0 Å². The third kappa shape index (κ3) is 3.35. The molecule has 86 valence electrons. The van der Waals surface area contributed by atoms with Crippen LogP contribution in [-0.2, 0) is 4.79 Å². The maximum atomic E-state index is 11.5. The molecule has 0 unspecified atom stereocenters. The first-order chi connectivity index (χ1) is 7.84. The Hall–Kier alpha value is -1.35. The summed E-state index contributed by atoms with van der Waals surface area (Å²) < 4.78 is 5.21. The Kier molecular flexibility index (Phi) is 3.94. The second-order valence-corrected chi connectivity index (χ2v) is 4.09. The fourth-order valence-electron chi connectivity index (χ4n) is 1.93. The summed E-state index contributed by atoms with van der Waals surface area (Å²) in [5.41, 5.74) is 0. The number of ether oxygens (including phenoxy) is 1. The lowest BCUT2D eigenvalue weighted by Gasteiger charge is -2.13. The number of likely N-dealkylation sites (tertiary alicyclic amines) is 1. The summed E-state index contributed by atoms with van der Waals surface area (Å²) in [5.74, 6) is 0.493. The monoisotopic (exact) mass is 219 g/mol. The van der Waals surface area contributed by atoms with E-state index in [1.54, 1.807) is 12.1 Å². The number of carbonyl (C=O) groups is 1. The Balaban J connectivity index is 1.72. The molecule has 1 saturated heterocycles. The molecule has 0 aliphatic carbocycles. The van der Waals surface area contributed by atoms with Crippen LogP contribution in [0.15, 0.2) is 30.3 Å². The number of carbonyl (C=O) groups excluding carboxylic acids is 1. The number of benzene rings is 1. The Morgan fingerprint density at radius 1 is 1.19 bits per heavy atom. The quantitative estimate of drug-likeness (QED) is 0.573. The van der Waals surface area contributed by atoms with Crippen LogP contribution in [0, 0.1) is 0 Å². The van der Waals surface area contributed by atoms with Crippen molar-refractivity contribution in [1.82, 2.24) is 4.90 Å². The van der Waals surface area contributed by atoms with Crippen LogP contribution in [0.3, 0.4) is 0 Å². The van der Waals surface area contributed by atoms with Crippen LogP contribution in [0.2, 0.25) is 0 Å². The van der Waals surface area contributed by atoms with E-state index in [1.807, 2.05) is 18.2 Å². The average Bonchev–Trinajstić information content (AvgIpc) is 2.81. The van der Waals surface area contributed by atoms with Crippen molar-refractivity contribution in [2.24, 2.45) is 0 Å². The number of rotatable bonds is 4. The molecule has 0 aromatic heterocycles. The highest BCUT2D eigenvalue weighted by molar-refractivity contribution is 5.72. The van der Waals surface area contributed by atoms with Crippen LogP contribution in [0.5, 0.6) is 5.75 Å². The summed E-state index contributed by atoms with van der Waals surface area (Å²) in [6.45, 7) is 3.07. The number of nitrogens with zero attached hydrogens (tertiary/aromatic N) is 1. The highest BCUT2D eigenvalue weighted by Gasteiger charge is 2.13. The Labute approximate surface area is 96.0 Å².